The van der Waals surface area contributed by atoms with Crippen molar-refractivity contribution < 1.29 is 0 Å². The second-order valence-corrected chi connectivity index (χ2v) is 4.73. The van der Waals surface area contributed by atoms with Crippen LogP contribution in [0.5, 0.6) is 0 Å². The lowest BCUT2D eigenvalue weighted by Crippen LogP contribution is -2.15. The Bertz CT molecular complexity index is 549. The number of aryl methyl sites for hydroxylation is 2. The molecule has 0 saturated carbocycles. The third-order valence-corrected chi connectivity index (χ3v) is 3.31. The van der Waals surface area contributed by atoms with Crippen LogP contribution in [0.4, 0.5) is 5.69 Å². The molecule has 3 nitrogen and oxygen atoms in total. The molecular formula is C15H19N3. The summed E-state index contributed by atoms with van der Waals surface area (Å²) in [5.74, 6) is 0. The summed E-state index contributed by atoms with van der Waals surface area (Å²) in [6.07, 6.45) is 4.21. The van der Waals surface area contributed by atoms with E-state index < -0.39 is 0 Å². The predicted octanol–water partition coefficient (Wildman–Crippen LogP) is 2.52. The van der Waals surface area contributed by atoms with E-state index >= 15 is 0 Å². The Morgan fingerprint density at radius 1 is 1.17 bits per heavy atom. The van der Waals surface area contributed by atoms with Gasteiger partial charge in [-0.05, 0) is 43.0 Å². The third-order valence-electron chi connectivity index (χ3n) is 3.31. The first-order valence-corrected chi connectivity index (χ1v) is 6.09. The fraction of sp³-hybridized carbons (Fsp3) is 0.267. The summed E-state index contributed by atoms with van der Waals surface area (Å²) < 4.78 is 0. The minimum atomic E-state index is -0.110. The summed E-state index contributed by atoms with van der Waals surface area (Å²) in [5, 5.41) is 0. The molecule has 1 unspecified atom stereocenters. The highest BCUT2D eigenvalue weighted by Crippen LogP contribution is 2.21. The molecule has 0 fully saturated rings. The van der Waals surface area contributed by atoms with Gasteiger partial charge in [-0.2, -0.15) is 0 Å². The van der Waals surface area contributed by atoms with E-state index in [1.54, 1.807) is 18.5 Å². The molecule has 18 heavy (non-hydrogen) atoms. The molecule has 1 heterocycles. The van der Waals surface area contributed by atoms with Crippen LogP contribution >= 0.6 is 0 Å². The van der Waals surface area contributed by atoms with E-state index in [-0.39, 0.29) is 6.04 Å². The molecule has 0 aliphatic carbocycles. The summed E-state index contributed by atoms with van der Waals surface area (Å²) in [7, 11) is 0. The zero-order chi connectivity index (χ0) is 13.1. The molecule has 0 aliphatic heterocycles. The first-order valence-electron chi connectivity index (χ1n) is 6.09. The van der Waals surface area contributed by atoms with Crippen LogP contribution in [0.2, 0.25) is 0 Å². The van der Waals surface area contributed by atoms with Gasteiger partial charge in [-0.3, -0.25) is 4.98 Å². The van der Waals surface area contributed by atoms with Crippen molar-refractivity contribution in [3.8, 4) is 0 Å². The number of anilines is 1. The number of benzene rings is 1. The highest BCUT2D eigenvalue weighted by atomic mass is 14.7. The van der Waals surface area contributed by atoms with Gasteiger partial charge in [-0.1, -0.05) is 18.2 Å². The molecule has 0 bridgehead atoms. The van der Waals surface area contributed by atoms with Gasteiger partial charge in [0.15, 0.2) is 0 Å². The van der Waals surface area contributed by atoms with Gasteiger partial charge in [0.2, 0.25) is 0 Å². The summed E-state index contributed by atoms with van der Waals surface area (Å²) in [4.78, 5) is 4.08. The highest BCUT2D eigenvalue weighted by Gasteiger charge is 2.10. The fourth-order valence-corrected chi connectivity index (χ4v) is 2.02. The normalized spacial score (nSPS) is 12.4. The molecule has 0 saturated heterocycles. The molecule has 0 radical (unpaired) electrons. The summed E-state index contributed by atoms with van der Waals surface area (Å²) in [6, 6.07) is 8.11. The largest absolute Gasteiger partial charge is 0.398 e. The number of hydrogen-bond acceptors (Lipinski definition) is 3. The Morgan fingerprint density at radius 3 is 2.61 bits per heavy atom. The van der Waals surface area contributed by atoms with Gasteiger partial charge in [-0.25, -0.2) is 0 Å². The van der Waals surface area contributed by atoms with Crippen molar-refractivity contribution in [2.24, 2.45) is 5.73 Å². The van der Waals surface area contributed by atoms with Crippen molar-refractivity contribution in [1.82, 2.24) is 4.98 Å². The van der Waals surface area contributed by atoms with E-state index in [2.05, 4.69) is 37.0 Å². The Hall–Kier alpha value is -1.87. The number of nitrogens with two attached hydrogens (primary N) is 2. The number of nitrogens with zero attached hydrogens (tertiary/aromatic N) is 1. The molecule has 0 spiro atoms. The van der Waals surface area contributed by atoms with Gasteiger partial charge in [0.25, 0.3) is 0 Å². The van der Waals surface area contributed by atoms with E-state index in [0.717, 1.165) is 12.0 Å². The Balaban J connectivity index is 2.19. The summed E-state index contributed by atoms with van der Waals surface area (Å²) in [5.41, 5.74) is 17.5. The molecule has 3 heteroatoms. The lowest BCUT2D eigenvalue weighted by atomic mass is 9.97. The predicted molar refractivity (Wildman–Crippen MR) is 75.2 cm³/mol. The van der Waals surface area contributed by atoms with Crippen LogP contribution < -0.4 is 11.5 Å². The monoisotopic (exact) mass is 241 g/mol. The Morgan fingerprint density at radius 2 is 1.94 bits per heavy atom. The number of nitrogen functional groups attached to an aromatic ring is 1. The van der Waals surface area contributed by atoms with Gasteiger partial charge in [0, 0.05) is 29.7 Å². The first kappa shape index (κ1) is 12.6. The minimum absolute atomic E-state index is 0.110. The SMILES string of the molecule is Cc1ccc(CC(N)c2cnccc2N)cc1C. The van der Waals surface area contributed by atoms with E-state index in [0.29, 0.717) is 5.69 Å². The molecule has 1 aromatic carbocycles. The van der Waals surface area contributed by atoms with Crippen LogP contribution in [-0.2, 0) is 6.42 Å². The molecule has 2 aromatic rings. The number of aromatic nitrogens is 1. The van der Waals surface area contributed by atoms with Gasteiger partial charge in [-0.15, -0.1) is 0 Å². The molecule has 4 N–H and O–H groups in total. The zero-order valence-electron chi connectivity index (χ0n) is 10.9. The lowest BCUT2D eigenvalue weighted by Gasteiger charge is -2.14. The lowest BCUT2D eigenvalue weighted by molar-refractivity contribution is 0.720. The van der Waals surface area contributed by atoms with Crippen LogP contribution in [0, 0.1) is 13.8 Å². The molecule has 2 rings (SSSR count). The smallest absolute Gasteiger partial charge is 0.0393 e. The molecular weight excluding hydrogens is 222 g/mol. The highest BCUT2D eigenvalue weighted by molar-refractivity contribution is 5.46. The average molecular weight is 241 g/mol. The number of pyridine rings is 1. The quantitative estimate of drug-likeness (QED) is 0.867. The van der Waals surface area contributed by atoms with Crippen LogP contribution in [0.15, 0.2) is 36.7 Å². The van der Waals surface area contributed by atoms with E-state index in [4.69, 9.17) is 11.5 Å². The maximum absolute atomic E-state index is 6.20. The topological polar surface area (TPSA) is 64.9 Å². The van der Waals surface area contributed by atoms with Crippen molar-refractivity contribution in [3.05, 3.63) is 58.9 Å². The van der Waals surface area contributed by atoms with Gasteiger partial charge >= 0.3 is 0 Å². The first-order chi connectivity index (χ1) is 8.58. The van der Waals surface area contributed by atoms with Crippen LogP contribution in [0.3, 0.4) is 0 Å². The van der Waals surface area contributed by atoms with Crippen molar-refractivity contribution in [2.75, 3.05) is 5.73 Å². The molecule has 94 valence electrons. The van der Waals surface area contributed by atoms with Crippen LogP contribution in [0.1, 0.15) is 28.3 Å². The van der Waals surface area contributed by atoms with Crippen molar-refractivity contribution in [1.29, 1.82) is 0 Å². The van der Waals surface area contributed by atoms with Crippen molar-refractivity contribution in [2.45, 2.75) is 26.3 Å². The maximum Gasteiger partial charge on any atom is 0.0393 e. The standard InChI is InChI=1S/C15H19N3/c1-10-3-4-12(7-11(10)2)8-15(17)13-9-18-6-5-14(13)16/h3-7,9,15H,8,17H2,1-2H3,(H2,16,18). The maximum atomic E-state index is 6.20. The minimum Gasteiger partial charge on any atom is -0.398 e. The second kappa shape index (κ2) is 5.19. The molecule has 0 aliphatic rings. The fourth-order valence-electron chi connectivity index (χ4n) is 2.02. The Kier molecular flexibility index (Phi) is 3.63. The van der Waals surface area contributed by atoms with Crippen molar-refractivity contribution in [3.63, 3.8) is 0 Å². The molecule has 1 atom stereocenters. The van der Waals surface area contributed by atoms with Gasteiger partial charge < -0.3 is 11.5 Å². The zero-order valence-corrected chi connectivity index (χ0v) is 10.9. The van der Waals surface area contributed by atoms with Crippen molar-refractivity contribution >= 4 is 5.69 Å². The number of rotatable bonds is 3. The molecule has 0 amide bonds. The van der Waals surface area contributed by atoms with Gasteiger partial charge in [0.1, 0.15) is 0 Å². The summed E-state index contributed by atoms with van der Waals surface area (Å²) >= 11 is 0. The third kappa shape index (κ3) is 2.68. The van der Waals surface area contributed by atoms with E-state index in [9.17, 15) is 0 Å². The van der Waals surface area contributed by atoms with Gasteiger partial charge in [0.05, 0.1) is 0 Å². The average Bonchev–Trinajstić information content (AvgIpc) is 2.34. The Labute approximate surface area is 108 Å². The van der Waals surface area contributed by atoms with Crippen LogP contribution in [-0.4, -0.2) is 4.98 Å². The van der Waals surface area contributed by atoms with E-state index in [1.807, 2.05) is 0 Å². The second-order valence-electron chi connectivity index (χ2n) is 4.73. The number of hydrogen-bond donors (Lipinski definition) is 2. The molecule has 1 aromatic heterocycles. The van der Waals surface area contributed by atoms with Crippen LogP contribution in [0.25, 0.3) is 0 Å². The summed E-state index contributed by atoms with van der Waals surface area (Å²) in [6.45, 7) is 4.22. The van der Waals surface area contributed by atoms with E-state index in [1.165, 1.54) is 16.7 Å².